The average Bonchev–Trinajstić information content (AvgIpc) is 2.97. The quantitative estimate of drug-likeness (QED) is 0.547. The predicted octanol–water partition coefficient (Wildman–Crippen LogP) is 4.70. The zero-order valence-electron chi connectivity index (χ0n) is 16.1. The predicted molar refractivity (Wildman–Crippen MR) is 114 cm³/mol. The summed E-state index contributed by atoms with van der Waals surface area (Å²) >= 11 is 1.42. The van der Waals surface area contributed by atoms with Crippen LogP contribution in [0.15, 0.2) is 53.2 Å². The molecule has 0 aromatic heterocycles. The highest BCUT2D eigenvalue weighted by Crippen LogP contribution is 2.31. The third-order valence-electron chi connectivity index (χ3n) is 4.16. The van der Waals surface area contributed by atoms with Gasteiger partial charge in [0.2, 0.25) is 0 Å². The number of amidine groups is 1. The summed E-state index contributed by atoms with van der Waals surface area (Å²) in [5, 5.41) is 9.43. The van der Waals surface area contributed by atoms with E-state index in [2.05, 4.69) is 17.1 Å². The first-order chi connectivity index (χ1) is 13.5. The van der Waals surface area contributed by atoms with Crippen molar-refractivity contribution in [2.45, 2.75) is 20.3 Å². The highest BCUT2D eigenvalue weighted by atomic mass is 32.2. The van der Waals surface area contributed by atoms with Crippen molar-refractivity contribution in [1.29, 1.82) is 5.26 Å². The smallest absolute Gasteiger partial charge is 0.283 e. The molecule has 2 aromatic carbocycles. The van der Waals surface area contributed by atoms with Crippen LogP contribution in [-0.2, 0) is 4.79 Å². The number of carbonyl (C=O) groups excluding carboxylic acids is 1. The minimum atomic E-state index is -0.166. The van der Waals surface area contributed by atoms with Crippen LogP contribution in [0.25, 0.3) is 6.08 Å². The number of anilines is 1. The van der Waals surface area contributed by atoms with Crippen LogP contribution in [0.1, 0.15) is 23.1 Å². The maximum absolute atomic E-state index is 13.1. The van der Waals surface area contributed by atoms with Crippen molar-refractivity contribution < 1.29 is 9.53 Å². The number of nitriles is 1. The molecule has 3 rings (SSSR count). The van der Waals surface area contributed by atoms with Gasteiger partial charge in [0.15, 0.2) is 5.17 Å². The molecular formula is C22H21N3O2S. The first-order valence-corrected chi connectivity index (χ1v) is 9.87. The molecule has 28 heavy (non-hydrogen) atoms. The van der Waals surface area contributed by atoms with E-state index in [4.69, 9.17) is 10.00 Å². The van der Waals surface area contributed by atoms with Gasteiger partial charge < -0.3 is 4.74 Å². The number of benzene rings is 2. The molecule has 1 aliphatic rings. The molecule has 6 heteroatoms. The molecule has 142 valence electrons. The zero-order chi connectivity index (χ0) is 20.1. The van der Waals surface area contributed by atoms with Gasteiger partial charge in [-0.25, -0.2) is 4.99 Å². The summed E-state index contributed by atoms with van der Waals surface area (Å²) in [5.41, 5.74) is 4.21. The number of thioether (sulfide) groups is 1. The molecule has 0 bridgehead atoms. The summed E-state index contributed by atoms with van der Waals surface area (Å²) in [6.07, 6.45) is 2.17. The lowest BCUT2D eigenvalue weighted by Gasteiger charge is -2.18. The number of ether oxygens (including phenoxy) is 1. The Hall–Kier alpha value is -3.04. The molecule has 0 saturated carbocycles. The standard InChI is InChI=1S/C22H21N3O2S/c1-15-11-16(2)13-18(12-15)25-21(26)20(24-22(25)28-10-4-9-23)14-17-5-7-19(27-3)8-6-17/h5-8,11-14H,4,10H2,1-3H3/b20-14-. The molecule has 5 nitrogen and oxygen atoms in total. The van der Waals surface area contributed by atoms with Crippen LogP contribution in [0.5, 0.6) is 5.75 Å². The fraction of sp³-hybridized carbons (Fsp3) is 0.227. The highest BCUT2D eigenvalue weighted by molar-refractivity contribution is 8.14. The van der Waals surface area contributed by atoms with Gasteiger partial charge >= 0.3 is 0 Å². The molecule has 0 fully saturated rings. The Morgan fingerprint density at radius 1 is 1.18 bits per heavy atom. The number of amides is 1. The van der Waals surface area contributed by atoms with E-state index < -0.39 is 0 Å². The van der Waals surface area contributed by atoms with Gasteiger partial charge in [0.1, 0.15) is 11.4 Å². The van der Waals surface area contributed by atoms with Crippen LogP contribution in [0.2, 0.25) is 0 Å². The summed E-state index contributed by atoms with van der Waals surface area (Å²) < 4.78 is 5.18. The summed E-state index contributed by atoms with van der Waals surface area (Å²) in [4.78, 5) is 19.3. The molecule has 0 aliphatic carbocycles. The summed E-state index contributed by atoms with van der Waals surface area (Å²) in [7, 11) is 1.62. The van der Waals surface area contributed by atoms with E-state index in [0.29, 0.717) is 23.0 Å². The van der Waals surface area contributed by atoms with Crippen molar-refractivity contribution in [2.24, 2.45) is 4.99 Å². The maximum atomic E-state index is 13.1. The van der Waals surface area contributed by atoms with Gasteiger partial charge in [0.25, 0.3) is 5.91 Å². The Kier molecular flexibility index (Phi) is 6.17. The van der Waals surface area contributed by atoms with E-state index in [9.17, 15) is 4.79 Å². The second kappa shape index (κ2) is 8.77. The fourth-order valence-corrected chi connectivity index (χ4v) is 3.80. The minimum absolute atomic E-state index is 0.166. The van der Waals surface area contributed by atoms with Crippen molar-refractivity contribution in [3.63, 3.8) is 0 Å². The lowest BCUT2D eigenvalue weighted by atomic mass is 10.1. The van der Waals surface area contributed by atoms with E-state index >= 15 is 0 Å². The van der Waals surface area contributed by atoms with Gasteiger partial charge in [-0.3, -0.25) is 9.69 Å². The molecule has 0 atom stereocenters. The van der Waals surface area contributed by atoms with Crippen LogP contribution in [-0.4, -0.2) is 23.9 Å². The number of hydrogen-bond donors (Lipinski definition) is 0. The Morgan fingerprint density at radius 2 is 1.86 bits per heavy atom. The summed E-state index contributed by atoms with van der Waals surface area (Å²) in [6.45, 7) is 4.01. The highest BCUT2D eigenvalue weighted by Gasteiger charge is 2.32. The molecule has 1 aliphatic heterocycles. The van der Waals surface area contributed by atoms with Crippen LogP contribution < -0.4 is 9.64 Å². The minimum Gasteiger partial charge on any atom is -0.497 e. The Morgan fingerprint density at radius 3 is 2.46 bits per heavy atom. The lowest BCUT2D eigenvalue weighted by molar-refractivity contribution is -0.113. The van der Waals surface area contributed by atoms with E-state index in [-0.39, 0.29) is 5.91 Å². The number of carbonyl (C=O) groups is 1. The largest absolute Gasteiger partial charge is 0.497 e. The average molecular weight is 391 g/mol. The van der Waals surface area contributed by atoms with Crippen molar-refractivity contribution in [3.8, 4) is 11.8 Å². The molecular weight excluding hydrogens is 370 g/mol. The van der Waals surface area contributed by atoms with E-state index in [1.165, 1.54) is 11.8 Å². The SMILES string of the molecule is COc1ccc(/C=C2\N=C(SCCC#N)N(c3cc(C)cc(C)c3)C2=O)cc1. The number of hydrogen-bond acceptors (Lipinski definition) is 5. The molecule has 0 unspecified atom stereocenters. The van der Waals surface area contributed by atoms with Gasteiger partial charge in [-0.05, 0) is 60.9 Å². The normalized spacial score (nSPS) is 14.9. The fourth-order valence-electron chi connectivity index (χ4n) is 2.95. The van der Waals surface area contributed by atoms with Crippen molar-refractivity contribution in [2.75, 3.05) is 17.8 Å². The van der Waals surface area contributed by atoms with Crippen LogP contribution in [0, 0.1) is 25.2 Å². The third-order valence-corrected chi connectivity index (χ3v) is 5.10. The van der Waals surface area contributed by atoms with Gasteiger partial charge in [0.05, 0.1) is 18.9 Å². The van der Waals surface area contributed by atoms with Crippen LogP contribution in [0.3, 0.4) is 0 Å². The molecule has 1 heterocycles. The molecule has 0 spiro atoms. The molecule has 0 radical (unpaired) electrons. The van der Waals surface area contributed by atoms with Crippen LogP contribution >= 0.6 is 11.8 Å². The third kappa shape index (κ3) is 4.44. The van der Waals surface area contributed by atoms with Crippen molar-refractivity contribution in [3.05, 3.63) is 64.9 Å². The van der Waals surface area contributed by atoms with Gasteiger partial charge in [0, 0.05) is 12.2 Å². The summed E-state index contributed by atoms with van der Waals surface area (Å²) in [6, 6.07) is 15.6. The summed E-state index contributed by atoms with van der Waals surface area (Å²) in [5.74, 6) is 1.17. The van der Waals surface area contributed by atoms with E-state index in [0.717, 1.165) is 28.1 Å². The monoisotopic (exact) mass is 391 g/mol. The zero-order valence-corrected chi connectivity index (χ0v) is 16.9. The number of rotatable bonds is 5. The van der Waals surface area contributed by atoms with Crippen molar-refractivity contribution in [1.82, 2.24) is 0 Å². The Labute approximate surface area is 169 Å². The first-order valence-electron chi connectivity index (χ1n) is 8.89. The van der Waals surface area contributed by atoms with E-state index in [1.54, 1.807) is 18.1 Å². The second-order valence-electron chi connectivity index (χ2n) is 6.44. The number of aliphatic imine (C=N–C) groups is 1. The molecule has 1 amide bonds. The maximum Gasteiger partial charge on any atom is 0.283 e. The number of nitrogens with zero attached hydrogens (tertiary/aromatic N) is 3. The number of methoxy groups -OCH3 is 1. The topological polar surface area (TPSA) is 65.7 Å². The molecule has 2 aromatic rings. The van der Waals surface area contributed by atoms with Gasteiger partial charge in [-0.1, -0.05) is 30.0 Å². The number of aryl methyl sites for hydroxylation is 2. The van der Waals surface area contributed by atoms with Gasteiger partial charge in [-0.2, -0.15) is 5.26 Å². The van der Waals surface area contributed by atoms with Crippen molar-refractivity contribution >= 4 is 34.6 Å². The Balaban J connectivity index is 1.97. The lowest BCUT2D eigenvalue weighted by Crippen LogP contribution is -2.30. The molecule has 0 N–H and O–H groups in total. The Bertz CT molecular complexity index is 968. The second-order valence-corrected chi connectivity index (χ2v) is 7.50. The van der Waals surface area contributed by atoms with Gasteiger partial charge in [-0.15, -0.1) is 0 Å². The molecule has 0 saturated heterocycles. The van der Waals surface area contributed by atoms with Crippen LogP contribution in [0.4, 0.5) is 5.69 Å². The first kappa shape index (κ1) is 19.7. The van der Waals surface area contributed by atoms with E-state index in [1.807, 2.05) is 50.2 Å².